The summed E-state index contributed by atoms with van der Waals surface area (Å²) < 4.78 is 7.59. The fourth-order valence-electron chi connectivity index (χ4n) is 1.51. The summed E-state index contributed by atoms with van der Waals surface area (Å²) in [7, 11) is 0. The fourth-order valence-corrected chi connectivity index (χ4v) is 2.64. The molecule has 5 heteroatoms. The Labute approximate surface area is 123 Å². The predicted octanol–water partition coefficient (Wildman–Crippen LogP) is 4.17. The molecule has 1 aromatic heterocycles. The lowest BCUT2D eigenvalue weighted by Gasteiger charge is -2.09. The van der Waals surface area contributed by atoms with Crippen molar-refractivity contribution in [2.75, 3.05) is 0 Å². The first-order valence-electron chi connectivity index (χ1n) is 5.39. The van der Waals surface area contributed by atoms with Gasteiger partial charge < -0.3 is 10.5 Å². The second-order valence-corrected chi connectivity index (χ2v) is 5.54. The highest BCUT2D eigenvalue weighted by Gasteiger charge is 2.06. The zero-order chi connectivity index (χ0) is 13.1. The summed E-state index contributed by atoms with van der Waals surface area (Å²) in [4.78, 5) is 4.37. The topological polar surface area (TPSA) is 48.1 Å². The molecule has 2 N–H and O–H groups in total. The standard InChI is InChI=1S/C13H12Br2N2O/c1-8-9(7-16)2-5-13(17-8)18-12-4-3-10(14)6-11(12)15/h2-6H,7,16H2,1H3. The van der Waals surface area contributed by atoms with Crippen LogP contribution in [0.15, 0.2) is 39.3 Å². The SMILES string of the molecule is Cc1nc(Oc2ccc(Br)cc2Br)ccc1CN. The molecular weight excluding hydrogens is 360 g/mol. The first-order valence-corrected chi connectivity index (χ1v) is 6.98. The monoisotopic (exact) mass is 370 g/mol. The Morgan fingerprint density at radius 3 is 2.61 bits per heavy atom. The maximum absolute atomic E-state index is 5.72. The average Bonchev–Trinajstić information content (AvgIpc) is 2.33. The van der Waals surface area contributed by atoms with Crippen LogP contribution in [-0.4, -0.2) is 4.98 Å². The Morgan fingerprint density at radius 1 is 1.22 bits per heavy atom. The van der Waals surface area contributed by atoms with E-state index in [1.807, 2.05) is 37.3 Å². The van der Waals surface area contributed by atoms with Gasteiger partial charge in [-0.05, 0) is 46.6 Å². The number of aromatic nitrogens is 1. The van der Waals surface area contributed by atoms with Crippen molar-refractivity contribution in [2.24, 2.45) is 5.73 Å². The number of rotatable bonds is 3. The normalized spacial score (nSPS) is 10.4. The number of nitrogens with zero attached hydrogens (tertiary/aromatic N) is 1. The Morgan fingerprint density at radius 2 is 2.00 bits per heavy atom. The van der Waals surface area contributed by atoms with Crippen LogP contribution in [0.1, 0.15) is 11.3 Å². The molecular formula is C13H12Br2N2O. The third-order valence-electron chi connectivity index (χ3n) is 2.50. The lowest BCUT2D eigenvalue weighted by Crippen LogP contribution is -2.01. The van der Waals surface area contributed by atoms with Gasteiger partial charge in [0.2, 0.25) is 5.88 Å². The summed E-state index contributed by atoms with van der Waals surface area (Å²) in [6.07, 6.45) is 0. The molecule has 1 heterocycles. The van der Waals surface area contributed by atoms with E-state index in [2.05, 4.69) is 36.8 Å². The van der Waals surface area contributed by atoms with Crippen molar-refractivity contribution in [3.05, 3.63) is 50.5 Å². The van der Waals surface area contributed by atoms with E-state index in [1.165, 1.54) is 0 Å². The van der Waals surface area contributed by atoms with Crippen molar-refractivity contribution >= 4 is 31.9 Å². The van der Waals surface area contributed by atoms with E-state index >= 15 is 0 Å². The van der Waals surface area contributed by atoms with E-state index in [9.17, 15) is 0 Å². The first kappa shape index (κ1) is 13.5. The van der Waals surface area contributed by atoms with Gasteiger partial charge in [-0.1, -0.05) is 22.0 Å². The summed E-state index contributed by atoms with van der Waals surface area (Å²) >= 11 is 6.85. The number of hydrogen-bond donors (Lipinski definition) is 1. The molecule has 94 valence electrons. The maximum atomic E-state index is 5.72. The molecule has 0 amide bonds. The van der Waals surface area contributed by atoms with Crippen LogP contribution in [0.25, 0.3) is 0 Å². The highest BCUT2D eigenvalue weighted by Crippen LogP contribution is 2.31. The minimum atomic E-state index is 0.487. The van der Waals surface area contributed by atoms with Crippen molar-refractivity contribution in [2.45, 2.75) is 13.5 Å². The quantitative estimate of drug-likeness (QED) is 0.880. The lowest BCUT2D eigenvalue weighted by atomic mass is 10.2. The summed E-state index contributed by atoms with van der Waals surface area (Å²) in [5, 5.41) is 0. The van der Waals surface area contributed by atoms with Crippen LogP contribution in [0.4, 0.5) is 0 Å². The number of halogens is 2. The van der Waals surface area contributed by atoms with Crippen molar-refractivity contribution in [3.63, 3.8) is 0 Å². The number of nitrogens with two attached hydrogens (primary N) is 1. The highest BCUT2D eigenvalue weighted by molar-refractivity contribution is 9.11. The van der Waals surface area contributed by atoms with E-state index in [4.69, 9.17) is 10.5 Å². The van der Waals surface area contributed by atoms with Gasteiger partial charge in [0.25, 0.3) is 0 Å². The molecule has 0 aliphatic heterocycles. The predicted molar refractivity (Wildman–Crippen MR) is 78.8 cm³/mol. The van der Waals surface area contributed by atoms with Gasteiger partial charge in [0.05, 0.1) is 4.47 Å². The molecule has 0 saturated heterocycles. The Kier molecular flexibility index (Phi) is 4.37. The third-order valence-corrected chi connectivity index (χ3v) is 3.61. The van der Waals surface area contributed by atoms with Gasteiger partial charge in [-0.15, -0.1) is 0 Å². The smallest absolute Gasteiger partial charge is 0.219 e. The highest BCUT2D eigenvalue weighted by atomic mass is 79.9. The van der Waals surface area contributed by atoms with Crippen LogP contribution in [-0.2, 0) is 6.54 Å². The second-order valence-electron chi connectivity index (χ2n) is 3.77. The Hall–Kier alpha value is -0.910. The molecule has 0 aliphatic rings. The summed E-state index contributed by atoms with van der Waals surface area (Å²) in [5.74, 6) is 1.29. The van der Waals surface area contributed by atoms with Gasteiger partial charge in [-0.2, -0.15) is 0 Å². The van der Waals surface area contributed by atoms with Crippen LogP contribution >= 0.6 is 31.9 Å². The summed E-state index contributed by atoms with van der Waals surface area (Å²) in [6, 6.07) is 9.48. The van der Waals surface area contributed by atoms with Gasteiger partial charge in [0, 0.05) is 22.8 Å². The Balaban J connectivity index is 2.26. The number of hydrogen-bond acceptors (Lipinski definition) is 3. The van der Waals surface area contributed by atoms with E-state index in [0.29, 0.717) is 12.4 Å². The van der Waals surface area contributed by atoms with E-state index in [-0.39, 0.29) is 0 Å². The zero-order valence-corrected chi connectivity index (χ0v) is 13.0. The molecule has 1 aromatic carbocycles. The minimum absolute atomic E-state index is 0.487. The van der Waals surface area contributed by atoms with Gasteiger partial charge in [-0.25, -0.2) is 4.98 Å². The lowest BCUT2D eigenvalue weighted by molar-refractivity contribution is 0.458. The zero-order valence-electron chi connectivity index (χ0n) is 9.78. The van der Waals surface area contributed by atoms with E-state index in [0.717, 1.165) is 26.0 Å². The average molecular weight is 372 g/mol. The summed E-state index contributed by atoms with van der Waals surface area (Å²) in [5.41, 5.74) is 7.52. The molecule has 18 heavy (non-hydrogen) atoms. The number of benzene rings is 1. The molecule has 0 spiro atoms. The molecule has 2 aromatic rings. The minimum Gasteiger partial charge on any atom is -0.438 e. The van der Waals surface area contributed by atoms with Crippen LogP contribution in [0.2, 0.25) is 0 Å². The van der Waals surface area contributed by atoms with Crippen LogP contribution in [0.5, 0.6) is 11.6 Å². The van der Waals surface area contributed by atoms with Gasteiger partial charge in [0.15, 0.2) is 0 Å². The van der Waals surface area contributed by atoms with E-state index in [1.54, 1.807) is 0 Å². The van der Waals surface area contributed by atoms with E-state index < -0.39 is 0 Å². The van der Waals surface area contributed by atoms with Crippen LogP contribution < -0.4 is 10.5 Å². The molecule has 0 bridgehead atoms. The molecule has 0 radical (unpaired) electrons. The third kappa shape index (κ3) is 3.10. The van der Waals surface area contributed by atoms with Gasteiger partial charge in [-0.3, -0.25) is 0 Å². The Bertz CT molecular complexity index is 573. The van der Waals surface area contributed by atoms with Gasteiger partial charge in [0.1, 0.15) is 5.75 Å². The molecule has 0 fully saturated rings. The van der Waals surface area contributed by atoms with Crippen molar-refractivity contribution < 1.29 is 4.74 Å². The number of ether oxygens (including phenoxy) is 1. The van der Waals surface area contributed by atoms with Crippen molar-refractivity contribution in [1.82, 2.24) is 4.98 Å². The molecule has 2 rings (SSSR count). The van der Waals surface area contributed by atoms with Crippen molar-refractivity contribution in [3.8, 4) is 11.6 Å². The van der Waals surface area contributed by atoms with Crippen molar-refractivity contribution in [1.29, 1.82) is 0 Å². The molecule has 3 nitrogen and oxygen atoms in total. The van der Waals surface area contributed by atoms with Crippen LogP contribution in [0, 0.1) is 6.92 Å². The summed E-state index contributed by atoms with van der Waals surface area (Å²) in [6.45, 7) is 2.41. The van der Waals surface area contributed by atoms with Gasteiger partial charge >= 0.3 is 0 Å². The maximum Gasteiger partial charge on any atom is 0.219 e. The molecule has 0 atom stereocenters. The molecule has 0 aliphatic carbocycles. The number of aryl methyl sites for hydroxylation is 1. The fraction of sp³-hybridized carbons (Fsp3) is 0.154. The van der Waals surface area contributed by atoms with Crippen LogP contribution in [0.3, 0.4) is 0 Å². The number of pyridine rings is 1. The second kappa shape index (κ2) is 5.82. The largest absolute Gasteiger partial charge is 0.438 e. The molecule has 0 saturated carbocycles. The molecule has 0 unspecified atom stereocenters. The first-order chi connectivity index (χ1) is 8.60.